The Balaban J connectivity index is 1.88. The molecule has 0 unspecified atom stereocenters. The highest BCUT2D eigenvalue weighted by atomic mass is 79.9. The maximum Gasteiger partial charge on any atom is 0.0767 e. The van der Waals surface area contributed by atoms with Crippen molar-refractivity contribution in [2.24, 2.45) is 7.05 Å². The standard InChI is InChI=1S/C14H24BrN3S/c1-4-12-14(15)13(18(2)17-12)9-16-10-5-7-11(19-3)8-6-10/h10-11,16H,4-9H2,1-3H3. The SMILES string of the molecule is CCc1nn(C)c(CNC2CCC(SC)CC2)c1Br. The van der Waals surface area contributed by atoms with E-state index in [-0.39, 0.29) is 0 Å². The molecule has 108 valence electrons. The predicted octanol–water partition coefficient (Wildman–Crippen LogP) is 3.51. The molecule has 1 saturated carbocycles. The van der Waals surface area contributed by atoms with Gasteiger partial charge in [-0.25, -0.2) is 0 Å². The van der Waals surface area contributed by atoms with Crippen molar-refractivity contribution in [2.75, 3.05) is 6.26 Å². The molecule has 0 spiro atoms. The predicted molar refractivity (Wildman–Crippen MR) is 86.7 cm³/mol. The molecule has 1 N–H and O–H groups in total. The monoisotopic (exact) mass is 345 g/mol. The molecule has 2 rings (SSSR count). The van der Waals surface area contributed by atoms with Crippen molar-refractivity contribution in [3.05, 3.63) is 15.9 Å². The van der Waals surface area contributed by atoms with Crippen LogP contribution in [0.15, 0.2) is 4.47 Å². The third kappa shape index (κ3) is 3.76. The molecule has 0 saturated heterocycles. The molecule has 19 heavy (non-hydrogen) atoms. The number of hydrogen-bond donors (Lipinski definition) is 1. The van der Waals surface area contributed by atoms with E-state index in [2.05, 4.69) is 39.5 Å². The second-order valence-corrected chi connectivity index (χ2v) is 7.21. The Hall–Kier alpha value is -0.000000000000000111. The first-order valence-electron chi connectivity index (χ1n) is 7.12. The number of nitrogens with one attached hydrogen (secondary N) is 1. The van der Waals surface area contributed by atoms with Crippen molar-refractivity contribution < 1.29 is 0 Å². The van der Waals surface area contributed by atoms with Gasteiger partial charge in [-0.05, 0) is 54.3 Å². The van der Waals surface area contributed by atoms with Crippen molar-refractivity contribution in [3.8, 4) is 0 Å². The average Bonchev–Trinajstić information content (AvgIpc) is 2.72. The van der Waals surface area contributed by atoms with Crippen molar-refractivity contribution >= 4 is 27.7 Å². The molecule has 0 radical (unpaired) electrons. The first-order valence-corrected chi connectivity index (χ1v) is 9.20. The van der Waals surface area contributed by atoms with Crippen LogP contribution in [-0.2, 0) is 20.0 Å². The van der Waals surface area contributed by atoms with E-state index in [4.69, 9.17) is 0 Å². The fourth-order valence-electron chi connectivity index (χ4n) is 2.76. The van der Waals surface area contributed by atoms with Crippen LogP contribution in [0, 0.1) is 0 Å². The summed E-state index contributed by atoms with van der Waals surface area (Å²) in [5.74, 6) is 0. The molecule has 0 amide bonds. The number of thioether (sulfide) groups is 1. The van der Waals surface area contributed by atoms with E-state index in [1.54, 1.807) is 0 Å². The van der Waals surface area contributed by atoms with E-state index >= 15 is 0 Å². The number of halogens is 1. The zero-order valence-corrected chi connectivity index (χ0v) is 14.5. The largest absolute Gasteiger partial charge is 0.308 e. The van der Waals surface area contributed by atoms with Gasteiger partial charge in [0.05, 0.1) is 15.9 Å². The zero-order chi connectivity index (χ0) is 13.8. The van der Waals surface area contributed by atoms with E-state index in [0.29, 0.717) is 6.04 Å². The first-order chi connectivity index (χ1) is 9.15. The summed E-state index contributed by atoms with van der Waals surface area (Å²) in [7, 11) is 2.03. The van der Waals surface area contributed by atoms with Crippen LogP contribution in [0.2, 0.25) is 0 Å². The van der Waals surface area contributed by atoms with Gasteiger partial charge in [0.1, 0.15) is 0 Å². The molecule has 5 heteroatoms. The van der Waals surface area contributed by atoms with Gasteiger partial charge in [0, 0.05) is 24.9 Å². The van der Waals surface area contributed by atoms with E-state index in [1.165, 1.54) is 35.8 Å². The molecular weight excluding hydrogens is 322 g/mol. The molecule has 0 aliphatic heterocycles. The van der Waals surface area contributed by atoms with Crippen molar-refractivity contribution in [1.29, 1.82) is 0 Å². The Morgan fingerprint density at radius 3 is 2.58 bits per heavy atom. The highest BCUT2D eigenvalue weighted by Crippen LogP contribution is 2.27. The summed E-state index contributed by atoms with van der Waals surface area (Å²) in [4.78, 5) is 0. The van der Waals surface area contributed by atoms with Gasteiger partial charge < -0.3 is 5.32 Å². The maximum absolute atomic E-state index is 4.54. The summed E-state index contributed by atoms with van der Waals surface area (Å²) >= 11 is 5.71. The van der Waals surface area contributed by atoms with Gasteiger partial charge >= 0.3 is 0 Å². The minimum atomic E-state index is 0.676. The van der Waals surface area contributed by atoms with Gasteiger partial charge in [0.15, 0.2) is 0 Å². The third-order valence-corrected chi connectivity index (χ3v) is 6.12. The van der Waals surface area contributed by atoms with Gasteiger partial charge in [-0.1, -0.05) is 6.92 Å². The molecule has 1 aromatic heterocycles. The summed E-state index contributed by atoms with van der Waals surface area (Å²) in [5.41, 5.74) is 2.43. The lowest BCUT2D eigenvalue weighted by atomic mass is 9.95. The Bertz CT molecular complexity index is 411. The fraction of sp³-hybridized carbons (Fsp3) is 0.786. The first kappa shape index (κ1) is 15.4. The van der Waals surface area contributed by atoms with Crippen LogP contribution in [0.5, 0.6) is 0 Å². The Kier molecular flexibility index (Phi) is 5.78. The van der Waals surface area contributed by atoms with Gasteiger partial charge in [-0.15, -0.1) is 0 Å². The van der Waals surface area contributed by atoms with E-state index in [1.807, 2.05) is 23.5 Å². The minimum absolute atomic E-state index is 0.676. The number of hydrogen-bond acceptors (Lipinski definition) is 3. The van der Waals surface area contributed by atoms with Crippen molar-refractivity contribution in [3.63, 3.8) is 0 Å². The van der Waals surface area contributed by atoms with Crippen LogP contribution >= 0.6 is 27.7 Å². The number of aryl methyl sites for hydroxylation is 2. The zero-order valence-electron chi connectivity index (χ0n) is 12.1. The average molecular weight is 346 g/mol. The van der Waals surface area contributed by atoms with Crippen LogP contribution in [0.4, 0.5) is 0 Å². The van der Waals surface area contributed by atoms with Gasteiger partial charge in [-0.2, -0.15) is 16.9 Å². The molecule has 0 aromatic carbocycles. The number of aromatic nitrogens is 2. The van der Waals surface area contributed by atoms with E-state index in [0.717, 1.165) is 23.9 Å². The third-order valence-electron chi connectivity index (χ3n) is 4.07. The van der Waals surface area contributed by atoms with Gasteiger partial charge in [0.2, 0.25) is 0 Å². The van der Waals surface area contributed by atoms with Crippen LogP contribution < -0.4 is 5.32 Å². The van der Waals surface area contributed by atoms with E-state index < -0.39 is 0 Å². The van der Waals surface area contributed by atoms with Crippen LogP contribution in [-0.4, -0.2) is 27.3 Å². The molecule has 3 nitrogen and oxygen atoms in total. The molecule has 0 atom stereocenters. The second kappa shape index (κ2) is 7.14. The highest BCUT2D eigenvalue weighted by molar-refractivity contribution is 9.10. The summed E-state index contributed by atoms with van der Waals surface area (Å²) in [6, 6.07) is 0.676. The number of nitrogens with zero attached hydrogens (tertiary/aromatic N) is 2. The second-order valence-electron chi connectivity index (χ2n) is 5.27. The van der Waals surface area contributed by atoms with Crippen molar-refractivity contribution in [2.45, 2.75) is 56.9 Å². The Morgan fingerprint density at radius 2 is 2.05 bits per heavy atom. The Morgan fingerprint density at radius 1 is 1.37 bits per heavy atom. The summed E-state index contributed by atoms with van der Waals surface area (Å²) in [5, 5.41) is 9.13. The molecule has 1 aromatic rings. The molecule has 1 heterocycles. The minimum Gasteiger partial charge on any atom is -0.308 e. The van der Waals surface area contributed by atoms with Crippen LogP contribution in [0.1, 0.15) is 44.0 Å². The van der Waals surface area contributed by atoms with Crippen LogP contribution in [0.25, 0.3) is 0 Å². The van der Waals surface area contributed by atoms with Gasteiger partial charge in [0.25, 0.3) is 0 Å². The lowest BCUT2D eigenvalue weighted by Gasteiger charge is -2.28. The Labute approximate surface area is 129 Å². The smallest absolute Gasteiger partial charge is 0.0767 e. The number of rotatable bonds is 5. The van der Waals surface area contributed by atoms with Crippen LogP contribution in [0.3, 0.4) is 0 Å². The highest BCUT2D eigenvalue weighted by Gasteiger charge is 2.21. The topological polar surface area (TPSA) is 29.9 Å². The summed E-state index contributed by atoms with van der Waals surface area (Å²) in [6.07, 6.45) is 8.53. The lowest BCUT2D eigenvalue weighted by molar-refractivity contribution is 0.374. The normalized spacial score (nSPS) is 23.8. The lowest BCUT2D eigenvalue weighted by Crippen LogP contribution is -2.34. The molecule has 1 aliphatic rings. The maximum atomic E-state index is 4.54. The van der Waals surface area contributed by atoms with E-state index in [9.17, 15) is 0 Å². The molecule has 1 fully saturated rings. The quantitative estimate of drug-likeness (QED) is 0.885. The summed E-state index contributed by atoms with van der Waals surface area (Å²) < 4.78 is 3.19. The van der Waals surface area contributed by atoms with Gasteiger partial charge in [-0.3, -0.25) is 4.68 Å². The molecular formula is C14H24BrN3S. The molecule has 1 aliphatic carbocycles. The fourth-order valence-corrected chi connectivity index (χ4v) is 4.26. The summed E-state index contributed by atoms with van der Waals surface area (Å²) in [6.45, 7) is 3.06. The molecule has 0 bridgehead atoms. The van der Waals surface area contributed by atoms with Crippen molar-refractivity contribution in [1.82, 2.24) is 15.1 Å².